The number of hydrogen-bond acceptors (Lipinski definition) is 3. The lowest BCUT2D eigenvalue weighted by molar-refractivity contribution is 0.230. The first-order valence-corrected chi connectivity index (χ1v) is 6.30. The highest BCUT2D eigenvalue weighted by Crippen LogP contribution is 2.28. The maximum atomic E-state index is 5.84. The third-order valence-electron chi connectivity index (χ3n) is 3.17. The molecule has 0 bridgehead atoms. The Hall–Kier alpha value is -1.22. The van der Waals surface area contributed by atoms with Crippen LogP contribution in [-0.4, -0.2) is 26.3 Å². The Labute approximate surface area is 103 Å². The van der Waals surface area contributed by atoms with Crippen LogP contribution in [0.3, 0.4) is 0 Å². The fraction of sp³-hybridized carbons (Fsp3) is 0.571. The van der Waals surface area contributed by atoms with Gasteiger partial charge in [0.1, 0.15) is 6.61 Å². The van der Waals surface area contributed by atoms with E-state index in [0.717, 1.165) is 24.7 Å². The van der Waals surface area contributed by atoms with Gasteiger partial charge in [-0.05, 0) is 44.0 Å². The van der Waals surface area contributed by atoms with Crippen LogP contribution < -0.4 is 14.8 Å². The molecule has 3 nitrogen and oxygen atoms in total. The van der Waals surface area contributed by atoms with Crippen LogP contribution in [0.15, 0.2) is 18.2 Å². The lowest BCUT2D eigenvalue weighted by Gasteiger charge is -2.23. The third kappa shape index (κ3) is 3.37. The Kier molecular flexibility index (Phi) is 4.26. The zero-order valence-electron chi connectivity index (χ0n) is 10.7. The molecule has 1 aromatic rings. The maximum absolute atomic E-state index is 5.84. The number of benzene rings is 1. The number of ether oxygens (including phenoxy) is 2. The molecular formula is C14H21NO2. The minimum Gasteiger partial charge on any atom is -0.493 e. The van der Waals surface area contributed by atoms with Gasteiger partial charge in [0.25, 0.3) is 0 Å². The molecule has 0 spiro atoms. The summed E-state index contributed by atoms with van der Waals surface area (Å²) in [6.07, 6.45) is 3.78. The van der Waals surface area contributed by atoms with Crippen LogP contribution in [0.25, 0.3) is 0 Å². The molecule has 2 rings (SSSR count). The molecule has 1 fully saturated rings. The van der Waals surface area contributed by atoms with Crippen LogP contribution in [0, 0.1) is 6.92 Å². The molecule has 0 aromatic heterocycles. The number of hydrogen-bond donors (Lipinski definition) is 1. The smallest absolute Gasteiger partial charge is 0.161 e. The zero-order chi connectivity index (χ0) is 12.1. The molecule has 94 valence electrons. The number of rotatable bonds is 4. The van der Waals surface area contributed by atoms with Crippen LogP contribution >= 0.6 is 0 Å². The van der Waals surface area contributed by atoms with E-state index >= 15 is 0 Å². The van der Waals surface area contributed by atoms with Gasteiger partial charge in [0.05, 0.1) is 7.11 Å². The summed E-state index contributed by atoms with van der Waals surface area (Å²) in [5, 5.41) is 3.47. The Morgan fingerprint density at radius 2 is 2.18 bits per heavy atom. The quantitative estimate of drug-likeness (QED) is 0.870. The van der Waals surface area contributed by atoms with Crippen LogP contribution in [0.1, 0.15) is 24.8 Å². The Morgan fingerprint density at radius 1 is 1.29 bits per heavy atom. The van der Waals surface area contributed by atoms with Crippen LogP contribution in [0.4, 0.5) is 0 Å². The lowest BCUT2D eigenvalue weighted by atomic mass is 10.1. The van der Waals surface area contributed by atoms with Gasteiger partial charge < -0.3 is 14.8 Å². The van der Waals surface area contributed by atoms with Crippen molar-refractivity contribution in [1.82, 2.24) is 5.32 Å². The largest absolute Gasteiger partial charge is 0.493 e. The average Bonchev–Trinajstić information content (AvgIpc) is 2.38. The number of nitrogens with one attached hydrogen (secondary N) is 1. The van der Waals surface area contributed by atoms with Gasteiger partial charge in [0.2, 0.25) is 0 Å². The van der Waals surface area contributed by atoms with E-state index in [4.69, 9.17) is 9.47 Å². The Balaban J connectivity index is 1.93. The molecule has 0 amide bonds. The molecule has 17 heavy (non-hydrogen) atoms. The third-order valence-corrected chi connectivity index (χ3v) is 3.17. The predicted octanol–water partition coefficient (Wildman–Crippen LogP) is 2.52. The molecule has 1 atom stereocenters. The van der Waals surface area contributed by atoms with Crippen LogP contribution in [0.2, 0.25) is 0 Å². The summed E-state index contributed by atoms with van der Waals surface area (Å²) in [7, 11) is 1.68. The van der Waals surface area contributed by atoms with Gasteiger partial charge in [0, 0.05) is 6.04 Å². The fourth-order valence-electron chi connectivity index (χ4n) is 2.15. The summed E-state index contributed by atoms with van der Waals surface area (Å²) in [6, 6.07) is 6.52. The highest BCUT2D eigenvalue weighted by molar-refractivity contribution is 5.42. The monoisotopic (exact) mass is 235 g/mol. The molecule has 0 radical (unpaired) electrons. The van der Waals surface area contributed by atoms with Crippen molar-refractivity contribution < 1.29 is 9.47 Å². The average molecular weight is 235 g/mol. The molecule has 1 aromatic carbocycles. The summed E-state index contributed by atoms with van der Waals surface area (Å²) in [5.41, 5.74) is 1.19. The number of aryl methyl sites for hydroxylation is 1. The van der Waals surface area contributed by atoms with Crippen LogP contribution in [-0.2, 0) is 0 Å². The van der Waals surface area contributed by atoms with Gasteiger partial charge in [-0.3, -0.25) is 0 Å². The second-order valence-electron chi connectivity index (χ2n) is 4.61. The van der Waals surface area contributed by atoms with Crippen molar-refractivity contribution in [3.05, 3.63) is 23.8 Å². The zero-order valence-corrected chi connectivity index (χ0v) is 10.7. The van der Waals surface area contributed by atoms with Crippen molar-refractivity contribution in [2.45, 2.75) is 32.2 Å². The van der Waals surface area contributed by atoms with Gasteiger partial charge in [-0.15, -0.1) is 0 Å². The minimum absolute atomic E-state index is 0.481. The van der Waals surface area contributed by atoms with E-state index in [9.17, 15) is 0 Å². The van der Waals surface area contributed by atoms with Crippen molar-refractivity contribution >= 4 is 0 Å². The van der Waals surface area contributed by atoms with Crippen molar-refractivity contribution in [2.75, 3.05) is 20.3 Å². The summed E-state index contributed by atoms with van der Waals surface area (Å²) in [6.45, 7) is 3.88. The molecular weight excluding hydrogens is 214 g/mol. The highest BCUT2D eigenvalue weighted by atomic mass is 16.5. The second kappa shape index (κ2) is 5.92. The topological polar surface area (TPSA) is 30.5 Å². The lowest BCUT2D eigenvalue weighted by Crippen LogP contribution is -2.38. The Morgan fingerprint density at radius 3 is 2.88 bits per heavy atom. The summed E-state index contributed by atoms with van der Waals surface area (Å²) in [4.78, 5) is 0. The van der Waals surface area contributed by atoms with Gasteiger partial charge >= 0.3 is 0 Å². The van der Waals surface area contributed by atoms with Crippen molar-refractivity contribution in [1.29, 1.82) is 0 Å². The van der Waals surface area contributed by atoms with Gasteiger partial charge in [-0.2, -0.15) is 0 Å². The number of piperidine rings is 1. The highest BCUT2D eigenvalue weighted by Gasteiger charge is 2.14. The molecule has 1 heterocycles. The van der Waals surface area contributed by atoms with Gasteiger partial charge in [-0.25, -0.2) is 0 Å². The SMILES string of the molecule is COc1cc(C)ccc1OCC1CCCCN1. The van der Waals surface area contributed by atoms with E-state index in [1.165, 1.54) is 24.8 Å². The molecule has 0 saturated carbocycles. The molecule has 0 aliphatic carbocycles. The van der Waals surface area contributed by atoms with E-state index in [2.05, 4.69) is 12.2 Å². The van der Waals surface area contributed by atoms with E-state index in [1.54, 1.807) is 7.11 Å². The first-order chi connectivity index (χ1) is 8.29. The first-order valence-electron chi connectivity index (χ1n) is 6.30. The normalized spacial score (nSPS) is 20.0. The summed E-state index contributed by atoms with van der Waals surface area (Å²) >= 11 is 0. The van der Waals surface area contributed by atoms with Crippen molar-refractivity contribution in [3.8, 4) is 11.5 Å². The van der Waals surface area contributed by atoms with Gasteiger partial charge in [-0.1, -0.05) is 12.5 Å². The molecule has 1 unspecified atom stereocenters. The maximum Gasteiger partial charge on any atom is 0.161 e. The molecule has 1 aliphatic rings. The van der Waals surface area contributed by atoms with E-state index in [0.29, 0.717) is 6.04 Å². The Bertz CT molecular complexity index is 359. The van der Waals surface area contributed by atoms with E-state index in [1.807, 2.05) is 18.2 Å². The van der Waals surface area contributed by atoms with Crippen molar-refractivity contribution in [2.24, 2.45) is 0 Å². The molecule has 3 heteroatoms. The predicted molar refractivity (Wildman–Crippen MR) is 68.9 cm³/mol. The summed E-state index contributed by atoms with van der Waals surface area (Å²) < 4.78 is 11.2. The van der Waals surface area contributed by atoms with Gasteiger partial charge in [0.15, 0.2) is 11.5 Å². The molecule has 1 N–H and O–H groups in total. The molecule has 1 saturated heterocycles. The fourth-order valence-corrected chi connectivity index (χ4v) is 2.15. The van der Waals surface area contributed by atoms with Crippen LogP contribution in [0.5, 0.6) is 11.5 Å². The minimum atomic E-state index is 0.481. The number of methoxy groups -OCH3 is 1. The van der Waals surface area contributed by atoms with Crippen molar-refractivity contribution in [3.63, 3.8) is 0 Å². The second-order valence-corrected chi connectivity index (χ2v) is 4.61. The van der Waals surface area contributed by atoms with E-state index in [-0.39, 0.29) is 0 Å². The van der Waals surface area contributed by atoms with E-state index < -0.39 is 0 Å². The standard InChI is InChI=1S/C14H21NO2/c1-11-6-7-13(14(9-11)16-2)17-10-12-5-3-4-8-15-12/h6-7,9,12,15H,3-5,8,10H2,1-2H3. The summed E-state index contributed by atoms with van der Waals surface area (Å²) in [5.74, 6) is 1.66. The first kappa shape index (κ1) is 12.2. The molecule has 1 aliphatic heterocycles.